The summed E-state index contributed by atoms with van der Waals surface area (Å²) in [6.45, 7) is 3.72. The van der Waals surface area contributed by atoms with E-state index in [2.05, 4.69) is 33.2 Å². The second kappa shape index (κ2) is 8.21. The number of aromatic nitrogens is 1. The van der Waals surface area contributed by atoms with Crippen LogP contribution in [-0.4, -0.2) is 22.6 Å². The van der Waals surface area contributed by atoms with E-state index in [-0.39, 0.29) is 6.42 Å². The fourth-order valence-corrected chi connectivity index (χ4v) is 1.82. The predicted octanol–water partition coefficient (Wildman–Crippen LogP) is 2.82. The molecule has 4 nitrogen and oxygen atoms in total. The quantitative estimate of drug-likeness (QED) is 0.724. The number of nitrogens with one attached hydrogen (secondary N) is 1. The monoisotopic (exact) mass is 314 g/mol. The summed E-state index contributed by atoms with van der Waals surface area (Å²) < 4.78 is 0.980. The largest absolute Gasteiger partial charge is 0.481 e. The third-order valence-corrected chi connectivity index (χ3v) is 3.23. The van der Waals surface area contributed by atoms with Crippen LogP contribution >= 0.6 is 15.9 Å². The molecule has 0 aromatic carbocycles. The van der Waals surface area contributed by atoms with Gasteiger partial charge in [-0.1, -0.05) is 6.92 Å². The predicted molar refractivity (Wildman–Crippen MR) is 74.3 cm³/mol. The Balaban J connectivity index is 2.11. The van der Waals surface area contributed by atoms with E-state index in [0.29, 0.717) is 5.92 Å². The molecule has 0 aliphatic carbocycles. The molecule has 0 bridgehead atoms. The molecule has 0 fully saturated rings. The lowest BCUT2D eigenvalue weighted by atomic mass is 10.0. The summed E-state index contributed by atoms with van der Waals surface area (Å²) in [7, 11) is 0. The van der Waals surface area contributed by atoms with Gasteiger partial charge in [-0.05, 0) is 53.4 Å². The summed E-state index contributed by atoms with van der Waals surface area (Å²) >= 11 is 3.34. The molecule has 5 heteroatoms. The number of carboxylic acids is 1. The highest BCUT2D eigenvalue weighted by molar-refractivity contribution is 9.10. The van der Waals surface area contributed by atoms with Gasteiger partial charge >= 0.3 is 5.97 Å². The molecule has 1 aromatic rings. The number of hydrogen-bond acceptors (Lipinski definition) is 3. The molecule has 1 unspecified atom stereocenters. The number of carboxylic acid groups (broad SMARTS) is 1. The number of hydrogen-bond donors (Lipinski definition) is 2. The average molecular weight is 315 g/mol. The van der Waals surface area contributed by atoms with Gasteiger partial charge in [0, 0.05) is 23.6 Å². The molecule has 0 radical (unpaired) electrons. The van der Waals surface area contributed by atoms with E-state index in [0.717, 1.165) is 36.1 Å². The van der Waals surface area contributed by atoms with Crippen LogP contribution in [-0.2, 0) is 11.3 Å². The van der Waals surface area contributed by atoms with Gasteiger partial charge in [0.1, 0.15) is 0 Å². The lowest BCUT2D eigenvalue weighted by molar-refractivity contribution is -0.137. The topological polar surface area (TPSA) is 62.2 Å². The van der Waals surface area contributed by atoms with Crippen molar-refractivity contribution < 1.29 is 9.90 Å². The van der Waals surface area contributed by atoms with Crippen LogP contribution in [0, 0.1) is 5.92 Å². The number of rotatable bonds is 8. The van der Waals surface area contributed by atoms with Crippen molar-refractivity contribution in [1.29, 1.82) is 0 Å². The maximum atomic E-state index is 10.4. The van der Waals surface area contributed by atoms with Crippen LogP contribution in [0.2, 0.25) is 0 Å². The Kier molecular flexibility index (Phi) is 6.90. The molecule has 100 valence electrons. The molecule has 18 heavy (non-hydrogen) atoms. The van der Waals surface area contributed by atoms with Gasteiger partial charge in [-0.25, -0.2) is 0 Å². The fourth-order valence-electron chi connectivity index (χ4n) is 1.59. The molecule has 0 saturated heterocycles. The number of halogens is 1. The first-order chi connectivity index (χ1) is 8.58. The van der Waals surface area contributed by atoms with E-state index >= 15 is 0 Å². The molecule has 1 heterocycles. The molecule has 2 N–H and O–H groups in total. The Morgan fingerprint density at radius 3 is 2.89 bits per heavy atom. The molecule has 0 spiro atoms. The van der Waals surface area contributed by atoms with Gasteiger partial charge in [0.05, 0.1) is 5.69 Å². The zero-order chi connectivity index (χ0) is 13.4. The minimum absolute atomic E-state index is 0.259. The second-order valence-electron chi connectivity index (χ2n) is 4.47. The molecule has 0 aliphatic rings. The Bertz CT molecular complexity index is 368. The van der Waals surface area contributed by atoms with Crippen LogP contribution in [0.5, 0.6) is 0 Å². The summed E-state index contributed by atoms with van der Waals surface area (Å²) in [5.74, 6) is -0.277. The van der Waals surface area contributed by atoms with E-state index in [4.69, 9.17) is 5.11 Å². The molecule has 1 aromatic heterocycles. The SMILES string of the molecule is CC(CCNCc1ccc(Br)cn1)CCC(=O)O. The van der Waals surface area contributed by atoms with E-state index in [1.54, 1.807) is 6.20 Å². The second-order valence-corrected chi connectivity index (χ2v) is 5.39. The van der Waals surface area contributed by atoms with Gasteiger partial charge in [-0.15, -0.1) is 0 Å². The van der Waals surface area contributed by atoms with E-state index in [1.807, 2.05) is 12.1 Å². The van der Waals surface area contributed by atoms with Crippen molar-refractivity contribution in [3.8, 4) is 0 Å². The summed E-state index contributed by atoms with van der Waals surface area (Å²) in [5, 5.41) is 11.9. The molecular formula is C13H19BrN2O2. The summed E-state index contributed by atoms with van der Waals surface area (Å²) in [5.41, 5.74) is 1.01. The van der Waals surface area contributed by atoms with Crippen molar-refractivity contribution >= 4 is 21.9 Å². The Labute approximate surface area is 116 Å². The highest BCUT2D eigenvalue weighted by Crippen LogP contribution is 2.10. The van der Waals surface area contributed by atoms with Crippen molar-refractivity contribution in [1.82, 2.24) is 10.3 Å². The van der Waals surface area contributed by atoms with Crippen LogP contribution in [0.1, 0.15) is 31.9 Å². The van der Waals surface area contributed by atoms with Crippen molar-refractivity contribution in [3.63, 3.8) is 0 Å². The lowest BCUT2D eigenvalue weighted by Crippen LogP contribution is -2.18. The Hall–Kier alpha value is -0.940. The van der Waals surface area contributed by atoms with Crippen LogP contribution < -0.4 is 5.32 Å². The van der Waals surface area contributed by atoms with Crippen molar-refractivity contribution in [3.05, 3.63) is 28.5 Å². The van der Waals surface area contributed by atoms with Crippen LogP contribution in [0.25, 0.3) is 0 Å². The first-order valence-electron chi connectivity index (χ1n) is 6.11. The highest BCUT2D eigenvalue weighted by Gasteiger charge is 2.05. The maximum absolute atomic E-state index is 10.4. The van der Waals surface area contributed by atoms with E-state index in [1.165, 1.54) is 0 Å². The molecule has 0 aliphatic heterocycles. The molecule has 0 saturated carbocycles. The van der Waals surface area contributed by atoms with Crippen LogP contribution in [0.3, 0.4) is 0 Å². The van der Waals surface area contributed by atoms with Crippen molar-refractivity contribution in [2.75, 3.05) is 6.54 Å². The average Bonchev–Trinajstić information content (AvgIpc) is 2.34. The first-order valence-corrected chi connectivity index (χ1v) is 6.90. The van der Waals surface area contributed by atoms with Gasteiger partial charge < -0.3 is 10.4 Å². The van der Waals surface area contributed by atoms with Gasteiger partial charge in [0.2, 0.25) is 0 Å². The highest BCUT2D eigenvalue weighted by atomic mass is 79.9. The summed E-state index contributed by atoms with van der Waals surface area (Å²) in [4.78, 5) is 14.7. The standard InChI is InChI=1S/C13H19BrN2O2/c1-10(2-5-13(17)18)6-7-15-9-12-4-3-11(14)8-16-12/h3-4,8,10,15H,2,5-7,9H2,1H3,(H,17,18). The zero-order valence-corrected chi connectivity index (χ0v) is 12.1. The smallest absolute Gasteiger partial charge is 0.303 e. The number of nitrogens with zero attached hydrogens (tertiary/aromatic N) is 1. The van der Waals surface area contributed by atoms with Gasteiger partial charge in [-0.3, -0.25) is 9.78 Å². The van der Waals surface area contributed by atoms with Crippen LogP contribution in [0.15, 0.2) is 22.8 Å². The fraction of sp³-hybridized carbons (Fsp3) is 0.538. The van der Waals surface area contributed by atoms with Gasteiger partial charge in [0.15, 0.2) is 0 Å². The van der Waals surface area contributed by atoms with Gasteiger partial charge in [0.25, 0.3) is 0 Å². The van der Waals surface area contributed by atoms with Crippen molar-refractivity contribution in [2.45, 2.75) is 32.7 Å². The third kappa shape index (κ3) is 6.71. The summed E-state index contributed by atoms with van der Waals surface area (Å²) in [6.07, 6.45) is 3.78. The first kappa shape index (κ1) is 15.1. The minimum Gasteiger partial charge on any atom is -0.481 e. The van der Waals surface area contributed by atoms with Gasteiger partial charge in [-0.2, -0.15) is 0 Å². The third-order valence-electron chi connectivity index (χ3n) is 2.76. The number of carbonyl (C=O) groups is 1. The minimum atomic E-state index is -0.714. The molecular weight excluding hydrogens is 296 g/mol. The lowest BCUT2D eigenvalue weighted by Gasteiger charge is -2.10. The van der Waals surface area contributed by atoms with E-state index in [9.17, 15) is 4.79 Å². The van der Waals surface area contributed by atoms with Crippen molar-refractivity contribution in [2.24, 2.45) is 5.92 Å². The molecule has 0 amide bonds. The molecule has 1 atom stereocenters. The Morgan fingerprint density at radius 1 is 1.50 bits per heavy atom. The number of aliphatic carboxylic acids is 1. The van der Waals surface area contributed by atoms with E-state index < -0.39 is 5.97 Å². The molecule has 1 rings (SSSR count). The maximum Gasteiger partial charge on any atom is 0.303 e. The zero-order valence-electron chi connectivity index (χ0n) is 10.5. The summed E-state index contributed by atoms with van der Waals surface area (Å²) in [6, 6.07) is 3.95. The Morgan fingerprint density at radius 2 is 2.28 bits per heavy atom. The number of pyridine rings is 1. The van der Waals surface area contributed by atoms with Crippen LogP contribution in [0.4, 0.5) is 0 Å². The normalized spacial score (nSPS) is 12.3.